The highest BCUT2D eigenvalue weighted by molar-refractivity contribution is 6.39. The van der Waals surface area contributed by atoms with E-state index in [-0.39, 0.29) is 28.9 Å². The number of ketones is 1. The largest absolute Gasteiger partial charge is 0.379 e. The molecule has 0 spiro atoms. The summed E-state index contributed by atoms with van der Waals surface area (Å²) in [4.78, 5) is 22.2. The van der Waals surface area contributed by atoms with Crippen molar-refractivity contribution < 1.29 is 9.72 Å². The molecule has 0 aliphatic heterocycles. The van der Waals surface area contributed by atoms with Gasteiger partial charge in [-0.2, -0.15) is 5.10 Å². The van der Waals surface area contributed by atoms with Crippen molar-refractivity contribution >= 4 is 34.6 Å². The maximum Gasteiger partial charge on any atom is 0.294 e. The van der Waals surface area contributed by atoms with Crippen molar-refractivity contribution in [3.8, 4) is 0 Å². The van der Waals surface area contributed by atoms with Crippen LogP contribution in [0.5, 0.6) is 0 Å². The number of benzene rings is 1. The Labute approximate surface area is 127 Å². The monoisotopic (exact) mass is 312 g/mol. The number of Topliss-reactive ketones (excluding diaryl/α,β-unsaturated/α-hetero) is 1. The van der Waals surface area contributed by atoms with E-state index in [9.17, 15) is 14.9 Å². The van der Waals surface area contributed by atoms with Crippen molar-refractivity contribution in [2.75, 3.05) is 5.43 Å². The maximum atomic E-state index is 11.9. The van der Waals surface area contributed by atoms with Crippen molar-refractivity contribution in [1.29, 1.82) is 0 Å². The molecule has 0 aromatic heterocycles. The number of nitro groups is 1. The zero-order valence-electron chi connectivity index (χ0n) is 11.8. The number of nitrogens with zero attached hydrogens (tertiary/aromatic N) is 2. The van der Waals surface area contributed by atoms with Crippen molar-refractivity contribution in [3.63, 3.8) is 0 Å². The van der Waals surface area contributed by atoms with E-state index in [0.29, 0.717) is 11.4 Å². The minimum absolute atomic E-state index is 0.0754. The fraction of sp³-hybridized carbons (Fsp3) is 0.385. The third-order valence-electron chi connectivity index (χ3n) is 2.87. The first kappa shape index (κ1) is 16.9. The number of hydrogen-bond acceptors (Lipinski definition) is 5. The molecule has 1 atom stereocenters. The van der Waals surface area contributed by atoms with Crippen LogP contribution in [0.4, 0.5) is 11.4 Å². The number of carbonyl (C=O) groups is 1. The molecule has 0 fully saturated rings. The smallest absolute Gasteiger partial charge is 0.294 e. The molecule has 1 unspecified atom stereocenters. The number of anilines is 1. The molecule has 0 saturated heterocycles. The molecule has 7 nitrogen and oxygen atoms in total. The van der Waals surface area contributed by atoms with Crippen molar-refractivity contribution in [3.05, 3.63) is 33.3 Å². The van der Waals surface area contributed by atoms with E-state index in [0.717, 1.165) is 6.42 Å². The average molecular weight is 313 g/mol. The van der Waals surface area contributed by atoms with Crippen molar-refractivity contribution in [2.45, 2.75) is 26.7 Å². The molecule has 8 heteroatoms. The maximum absolute atomic E-state index is 11.9. The van der Waals surface area contributed by atoms with Crippen molar-refractivity contribution in [2.24, 2.45) is 16.8 Å². The molecule has 114 valence electrons. The van der Waals surface area contributed by atoms with Crippen LogP contribution in [-0.4, -0.2) is 16.5 Å². The lowest BCUT2D eigenvalue weighted by Crippen LogP contribution is -2.30. The lowest BCUT2D eigenvalue weighted by atomic mass is 10.0. The van der Waals surface area contributed by atoms with Crippen LogP contribution in [-0.2, 0) is 4.79 Å². The van der Waals surface area contributed by atoms with Gasteiger partial charge in [0.1, 0.15) is 5.69 Å². The summed E-state index contributed by atoms with van der Waals surface area (Å²) in [6.45, 7) is 3.72. The summed E-state index contributed by atoms with van der Waals surface area (Å²) in [7, 11) is 0. The molecule has 1 aromatic rings. The second-order valence-corrected chi connectivity index (χ2v) is 5.02. The van der Waals surface area contributed by atoms with E-state index in [2.05, 4.69) is 10.5 Å². The van der Waals surface area contributed by atoms with E-state index in [1.54, 1.807) is 6.92 Å². The molecule has 0 bridgehead atoms. The average Bonchev–Trinajstić information content (AvgIpc) is 2.43. The van der Waals surface area contributed by atoms with Gasteiger partial charge in [0.2, 0.25) is 5.78 Å². The number of hydrogen-bond donors (Lipinski definition) is 2. The van der Waals surface area contributed by atoms with Gasteiger partial charge >= 0.3 is 0 Å². The van der Waals surface area contributed by atoms with Crippen LogP contribution >= 0.6 is 11.6 Å². The lowest BCUT2D eigenvalue weighted by molar-refractivity contribution is -0.384. The SMILES string of the molecule is CCCC(C)C(=O)/C(N)=N/Nc1cc(Cl)ccc1[N+](=O)[O-]. The van der Waals surface area contributed by atoms with Gasteiger partial charge in [-0.3, -0.25) is 20.3 Å². The summed E-state index contributed by atoms with van der Waals surface area (Å²) < 4.78 is 0. The number of nitrogens with one attached hydrogen (secondary N) is 1. The molecule has 0 heterocycles. The van der Waals surface area contributed by atoms with Crippen LogP contribution in [0, 0.1) is 16.0 Å². The van der Waals surface area contributed by atoms with Gasteiger partial charge in [-0.25, -0.2) is 0 Å². The minimum atomic E-state index is -0.577. The van der Waals surface area contributed by atoms with E-state index < -0.39 is 4.92 Å². The van der Waals surface area contributed by atoms with Crippen LogP contribution in [0.2, 0.25) is 5.02 Å². The van der Waals surface area contributed by atoms with Crippen LogP contribution in [0.15, 0.2) is 23.3 Å². The first-order valence-corrected chi connectivity index (χ1v) is 6.82. The molecule has 21 heavy (non-hydrogen) atoms. The standard InChI is InChI=1S/C13H17ClN4O3/c1-3-4-8(2)12(19)13(15)17-16-10-7-9(14)5-6-11(10)18(20)21/h5-8,16H,3-4H2,1-2H3,(H2,15,17). The van der Waals surface area contributed by atoms with Gasteiger partial charge in [0.15, 0.2) is 5.84 Å². The van der Waals surface area contributed by atoms with Crippen LogP contribution in [0.25, 0.3) is 0 Å². The van der Waals surface area contributed by atoms with Gasteiger partial charge in [0.25, 0.3) is 5.69 Å². The Kier molecular flexibility index (Phi) is 6.10. The number of halogens is 1. The van der Waals surface area contributed by atoms with Gasteiger partial charge in [0, 0.05) is 17.0 Å². The summed E-state index contributed by atoms with van der Waals surface area (Å²) in [5, 5.41) is 14.9. The summed E-state index contributed by atoms with van der Waals surface area (Å²) in [6.07, 6.45) is 1.56. The summed E-state index contributed by atoms with van der Waals surface area (Å²) in [5.41, 5.74) is 7.90. The Morgan fingerprint density at radius 1 is 1.57 bits per heavy atom. The minimum Gasteiger partial charge on any atom is -0.379 e. The zero-order valence-corrected chi connectivity index (χ0v) is 12.6. The molecular weight excluding hydrogens is 296 g/mol. The molecule has 1 aromatic carbocycles. The summed E-state index contributed by atoms with van der Waals surface area (Å²) in [6, 6.07) is 3.99. The lowest BCUT2D eigenvalue weighted by Gasteiger charge is -2.08. The molecule has 0 amide bonds. The van der Waals surface area contributed by atoms with E-state index in [1.165, 1.54) is 18.2 Å². The van der Waals surface area contributed by atoms with Gasteiger partial charge in [-0.15, -0.1) is 0 Å². The second kappa shape index (κ2) is 7.58. The Bertz CT molecular complexity index is 575. The number of nitrogens with two attached hydrogens (primary N) is 1. The quantitative estimate of drug-likeness (QED) is 0.348. The number of hydrazone groups is 1. The fourth-order valence-corrected chi connectivity index (χ4v) is 1.92. The molecule has 1 rings (SSSR count). The van der Waals surface area contributed by atoms with E-state index in [4.69, 9.17) is 17.3 Å². The highest BCUT2D eigenvalue weighted by atomic mass is 35.5. The molecule has 3 N–H and O–H groups in total. The number of amidine groups is 1. The third kappa shape index (κ3) is 4.71. The summed E-state index contributed by atoms with van der Waals surface area (Å²) >= 11 is 5.78. The number of carbonyl (C=O) groups excluding carboxylic acids is 1. The predicted molar refractivity (Wildman–Crippen MR) is 82.4 cm³/mol. The van der Waals surface area contributed by atoms with Gasteiger partial charge in [-0.1, -0.05) is 31.9 Å². The van der Waals surface area contributed by atoms with Gasteiger partial charge in [-0.05, 0) is 18.6 Å². The molecule has 0 aliphatic carbocycles. The predicted octanol–water partition coefficient (Wildman–Crippen LogP) is 2.94. The Morgan fingerprint density at radius 2 is 2.24 bits per heavy atom. The molecular formula is C13H17ClN4O3. The van der Waals surface area contributed by atoms with Gasteiger partial charge < -0.3 is 5.73 Å². The molecule has 0 aliphatic rings. The fourth-order valence-electron chi connectivity index (χ4n) is 1.75. The zero-order chi connectivity index (χ0) is 16.0. The van der Waals surface area contributed by atoms with Crippen LogP contribution < -0.4 is 11.2 Å². The Balaban J connectivity index is 2.91. The van der Waals surface area contributed by atoms with Crippen molar-refractivity contribution in [1.82, 2.24) is 0 Å². The van der Waals surface area contributed by atoms with E-state index >= 15 is 0 Å². The number of nitro benzene ring substituents is 1. The first-order valence-electron chi connectivity index (χ1n) is 6.44. The van der Waals surface area contributed by atoms with Gasteiger partial charge in [0.05, 0.1) is 4.92 Å². The number of rotatable bonds is 7. The second-order valence-electron chi connectivity index (χ2n) is 4.58. The third-order valence-corrected chi connectivity index (χ3v) is 3.11. The highest BCUT2D eigenvalue weighted by Crippen LogP contribution is 2.27. The summed E-state index contributed by atoms with van der Waals surface area (Å²) in [5.74, 6) is -0.755. The highest BCUT2D eigenvalue weighted by Gasteiger charge is 2.17. The topological polar surface area (TPSA) is 111 Å². The molecule has 0 radical (unpaired) electrons. The Morgan fingerprint density at radius 3 is 2.81 bits per heavy atom. The normalized spacial score (nSPS) is 12.8. The van der Waals surface area contributed by atoms with E-state index in [1.807, 2.05) is 6.92 Å². The Hall–Kier alpha value is -2.15. The van der Waals surface area contributed by atoms with Crippen LogP contribution in [0.1, 0.15) is 26.7 Å². The first-order chi connectivity index (χ1) is 9.86. The molecule has 0 saturated carbocycles. The van der Waals surface area contributed by atoms with Crippen LogP contribution in [0.3, 0.4) is 0 Å².